The Morgan fingerprint density at radius 3 is 2.47 bits per heavy atom. The van der Waals surface area contributed by atoms with Crippen LogP contribution in [0.3, 0.4) is 0 Å². The lowest BCUT2D eigenvalue weighted by Gasteiger charge is -2.31. The lowest BCUT2D eigenvalue weighted by molar-refractivity contribution is 0.184. The fourth-order valence-corrected chi connectivity index (χ4v) is 2.16. The van der Waals surface area contributed by atoms with E-state index in [1.165, 1.54) is 12.8 Å². The highest BCUT2D eigenvalue weighted by Gasteiger charge is 2.43. The van der Waals surface area contributed by atoms with Crippen LogP contribution >= 0.6 is 0 Å². The summed E-state index contributed by atoms with van der Waals surface area (Å²) < 4.78 is 0. The first kappa shape index (κ1) is 12.5. The van der Waals surface area contributed by atoms with E-state index in [1.807, 2.05) is 0 Å². The van der Waals surface area contributed by atoms with Gasteiger partial charge in [-0.1, -0.05) is 13.8 Å². The van der Waals surface area contributed by atoms with E-state index < -0.39 is 0 Å². The van der Waals surface area contributed by atoms with Crippen LogP contribution in [0.1, 0.15) is 33.1 Å². The molecule has 1 aliphatic carbocycles. The van der Waals surface area contributed by atoms with Gasteiger partial charge in [-0.3, -0.25) is 0 Å². The maximum Gasteiger partial charge on any atom is 0.0628 e. The maximum atomic E-state index is 8.74. The van der Waals surface area contributed by atoms with Crippen molar-refractivity contribution >= 4 is 0 Å². The molecule has 0 aliphatic heterocycles. The molecule has 0 amide bonds. The fraction of sp³-hybridized carbons (Fsp3) is 0.917. The van der Waals surface area contributed by atoms with E-state index >= 15 is 0 Å². The molecule has 2 N–H and O–H groups in total. The van der Waals surface area contributed by atoms with E-state index in [0.29, 0.717) is 18.4 Å². The molecule has 0 atom stereocenters. The van der Waals surface area contributed by atoms with Gasteiger partial charge < -0.3 is 10.6 Å². The molecule has 3 heteroatoms. The zero-order chi connectivity index (χ0) is 11.5. The Labute approximate surface area is 93.2 Å². The van der Waals surface area contributed by atoms with Gasteiger partial charge in [0.15, 0.2) is 0 Å². The molecule has 15 heavy (non-hydrogen) atoms. The highest BCUT2D eigenvalue weighted by Crippen LogP contribution is 2.49. The van der Waals surface area contributed by atoms with Crippen molar-refractivity contribution in [1.29, 1.82) is 5.26 Å². The molecular weight excluding hydrogens is 186 g/mol. The van der Waals surface area contributed by atoms with Crippen LogP contribution in [0, 0.1) is 22.2 Å². The van der Waals surface area contributed by atoms with Crippen LogP contribution in [0.15, 0.2) is 0 Å². The molecular formula is C12H23N3. The minimum atomic E-state index is 0.178. The minimum Gasteiger partial charge on any atom is -0.330 e. The van der Waals surface area contributed by atoms with E-state index in [-0.39, 0.29) is 5.41 Å². The van der Waals surface area contributed by atoms with Gasteiger partial charge in [-0.05, 0) is 37.3 Å². The lowest BCUT2D eigenvalue weighted by atomic mass is 9.92. The Balaban J connectivity index is 2.37. The van der Waals surface area contributed by atoms with Crippen molar-refractivity contribution in [2.24, 2.45) is 16.6 Å². The van der Waals surface area contributed by atoms with E-state index in [9.17, 15) is 0 Å². The average molecular weight is 209 g/mol. The highest BCUT2D eigenvalue weighted by atomic mass is 15.1. The first-order valence-electron chi connectivity index (χ1n) is 5.69. The van der Waals surface area contributed by atoms with Crippen molar-refractivity contribution in [3.63, 3.8) is 0 Å². The second-order valence-corrected chi connectivity index (χ2v) is 5.88. The second-order valence-electron chi connectivity index (χ2n) is 5.88. The van der Waals surface area contributed by atoms with Crippen molar-refractivity contribution in [1.82, 2.24) is 4.90 Å². The molecule has 0 heterocycles. The van der Waals surface area contributed by atoms with Gasteiger partial charge in [-0.15, -0.1) is 0 Å². The van der Waals surface area contributed by atoms with Crippen LogP contribution in [0.5, 0.6) is 0 Å². The topological polar surface area (TPSA) is 53.0 Å². The standard InChI is InChI=1S/C12H23N3/c1-11(2,8-14)9-15(3)10-12(4-5-12)6-7-13/h4-6,8-10,14H2,1-3H3. The minimum absolute atomic E-state index is 0.178. The fourth-order valence-electron chi connectivity index (χ4n) is 2.16. The molecule has 0 bridgehead atoms. The normalized spacial score (nSPS) is 18.9. The summed E-state index contributed by atoms with van der Waals surface area (Å²) in [6.45, 7) is 7.14. The maximum absolute atomic E-state index is 8.74. The predicted molar refractivity (Wildman–Crippen MR) is 62.2 cm³/mol. The smallest absolute Gasteiger partial charge is 0.0628 e. The van der Waals surface area contributed by atoms with Gasteiger partial charge in [-0.2, -0.15) is 5.26 Å². The van der Waals surface area contributed by atoms with Gasteiger partial charge in [0.05, 0.1) is 6.07 Å². The molecule has 1 aliphatic rings. The molecule has 1 saturated carbocycles. The summed E-state index contributed by atoms with van der Waals surface area (Å²) in [4.78, 5) is 2.33. The van der Waals surface area contributed by atoms with E-state index in [0.717, 1.165) is 13.1 Å². The Bertz CT molecular complexity index is 248. The van der Waals surface area contributed by atoms with E-state index in [1.54, 1.807) is 0 Å². The summed E-state index contributed by atoms with van der Waals surface area (Å²) in [5, 5.41) is 8.74. The monoisotopic (exact) mass is 209 g/mol. The number of nitrogens with two attached hydrogens (primary N) is 1. The van der Waals surface area contributed by atoms with Crippen LogP contribution in [0.2, 0.25) is 0 Å². The van der Waals surface area contributed by atoms with Crippen LogP contribution in [-0.2, 0) is 0 Å². The van der Waals surface area contributed by atoms with Gasteiger partial charge in [-0.25, -0.2) is 0 Å². The largest absolute Gasteiger partial charge is 0.330 e. The van der Waals surface area contributed by atoms with Gasteiger partial charge in [0.2, 0.25) is 0 Å². The second kappa shape index (κ2) is 4.51. The van der Waals surface area contributed by atoms with Crippen molar-refractivity contribution < 1.29 is 0 Å². The number of hydrogen-bond donors (Lipinski definition) is 1. The number of rotatable bonds is 6. The molecule has 0 aromatic rings. The van der Waals surface area contributed by atoms with Crippen LogP contribution in [0.4, 0.5) is 0 Å². The van der Waals surface area contributed by atoms with Crippen LogP contribution < -0.4 is 5.73 Å². The van der Waals surface area contributed by atoms with Crippen molar-refractivity contribution in [3.05, 3.63) is 0 Å². The molecule has 0 aromatic carbocycles. The van der Waals surface area contributed by atoms with Gasteiger partial charge in [0.1, 0.15) is 0 Å². The summed E-state index contributed by atoms with van der Waals surface area (Å²) in [6, 6.07) is 2.30. The molecule has 0 radical (unpaired) electrons. The number of nitrogens with zero attached hydrogens (tertiary/aromatic N) is 2. The summed E-state index contributed by atoms with van der Waals surface area (Å²) in [5.41, 5.74) is 6.21. The molecule has 0 saturated heterocycles. The Morgan fingerprint density at radius 1 is 1.47 bits per heavy atom. The first-order valence-corrected chi connectivity index (χ1v) is 5.69. The van der Waals surface area contributed by atoms with Crippen molar-refractivity contribution in [3.8, 4) is 6.07 Å². The van der Waals surface area contributed by atoms with Crippen molar-refractivity contribution in [2.45, 2.75) is 33.1 Å². The number of nitriles is 1. The van der Waals surface area contributed by atoms with Gasteiger partial charge >= 0.3 is 0 Å². The third-order valence-corrected chi connectivity index (χ3v) is 3.27. The molecule has 1 rings (SSSR count). The Kier molecular flexibility index (Phi) is 3.75. The predicted octanol–water partition coefficient (Wildman–Crippen LogP) is 1.60. The molecule has 86 valence electrons. The third kappa shape index (κ3) is 3.81. The van der Waals surface area contributed by atoms with E-state index in [2.05, 4.69) is 31.9 Å². The quantitative estimate of drug-likeness (QED) is 0.723. The highest BCUT2D eigenvalue weighted by molar-refractivity contribution is 5.01. The van der Waals surface area contributed by atoms with Gasteiger partial charge in [0, 0.05) is 19.5 Å². The zero-order valence-electron chi connectivity index (χ0n) is 10.2. The zero-order valence-corrected chi connectivity index (χ0v) is 10.2. The SMILES string of the molecule is CN(CC(C)(C)CN)CC1(CC#N)CC1. The van der Waals surface area contributed by atoms with Crippen LogP contribution in [0.25, 0.3) is 0 Å². The molecule has 0 spiro atoms. The first-order chi connectivity index (χ1) is 6.93. The average Bonchev–Trinajstić information content (AvgIpc) is 2.84. The molecule has 1 fully saturated rings. The molecule has 0 aromatic heterocycles. The Hall–Kier alpha value is -0.590. The Morgan fingerprint density at radius 2 is 2.07 bits per heavy atom. The summed E-state index contributed by atoms with van der Waals surface area (Å²) in [5.74, 6) is 0. The van der Waals surface area contributed by atoms with E-state index in [4.69, 9.17) is 11.0 Å². The lowest BCUT2D eigenvalue weighted by Crippen LogP contribution is -2.39. The summed E-state index contributed by atoms with van der Waals surface area (Å²) >= 11 is 0. The summed E-state index contributed by atoms with van der Waals surface area (Å²) in [6.07, 6.45) is 3.14. The van der Waals surface area contributed by atoms with Gasteiger partial charge in [0.25, 0.3) is 0 Å². The molecule has 0 unspecified atom stereocenters. The van der Waals surface area contributed by atoms with Crippen molar-refractivity contribution in [2.75, 3.05) is 26.7 Å². The third-order valence-electron chi connectivity index (χ3n) is 3.27. The van der Waals surface area contributed by atoms with Crippen LogP contribution in [-0.4, -0.2) is 31.6 Å². The molecule has 3 nitrogen and oxygen atoms in total. The summed E-state index contributed by atoms with van der Waals surface area (Å²) in [7, 11) is 2.13. The number of hydrogen-bond acceptors (Lipinski definition) is 3.